The highest BCUT2D eigenvalue weighted by atomic mass is 16.5. The van der Waals surface area contributed by atoms with Crippen LogP contribution in [-0.2, 0) is 0 Å². The fraction of sp³-hybridized carbons (Fsp3) is 0.684. The molecule has 0 radical (unpaired) electrons. The number of fused-ring (bicyclic) bond motifs is 1. The second-order valence-corrected chi connectivity index (χ2v) is 6.79. The minimum Gasteiger partial charge on any atom is -0.497 e. The molecular weight excluding hydrogens is 290 g/mol. The second kappa shape index (κ2) is 8.02. The molecule has 3 atom stereocenters. The third kappa shape index (κ3) is 4.18. The lowest BCUT2D eigenvalue weighted by molar-refractivity contribution is -0.0369. The molecule has 0 spiro atoms. The maximum absolute atomic E-state index is 10.2. The zero-order chi connectivity index (χ0) is 16.1. The summed E-state index contributed by atoms with van der Waals surface area (Å²) in [6.07, 6.45) is 6.93. The summed E-state index contributed by atoms with van der Waals surface area (Å²) in [6.45, 7) is 2.84. The van der Waals surface area contributed by atoms with Gasteiger partial charge in [0.25, 0.3) is 0 Å². The Morgan fingerprint density at radius 3 is 2.61 bits per heavy atom. The predicted molar refractivity (Wildman–Crippen MR) is 91.0 cm³/mol. The van der Waals surface area contributed by atoms with Gasteiger partial charge >= 0.3 is 0 Å². The molecule has 2 fully saturated rings. The van der Waals surface area contributed by atoms with Crippen molar-refractivity contribution in [3.8, 4) is 11.5 Å². The SMILES string of the molecule is COc1ccc(OCCCN2CC[C@H](O)[C@@H]3CCCCC32)cc1. The van der Waals surface area contributed by atoms with E-state index in [9.17, 15) is 5.11 Å². The van der Waals surface area contributed by atoms with Crippen molar-refractivity contribution in [3.05, 3.63) is 24.3 Å². The molecule has 1 heterocycles. The standard InChI is InChI=1S/C19H29NO3/c1-22-15-7-9-16(10-8-15)23-14-4-12-20-13-11-19(21)17-5-2-3-6-18(17)20/h7-10,17-19,21H,2-6,11-14H2,1H3/t17-,18?,19+/m1/s1. The van der Waals surface area contributed by atoms with Crippen LogP contribution in [0.1, 0.15) is 38.5 Å². The van der Waals surface area contributed by atoms with Crippen LogP contribution >= 0.6 is 0 Å². The zero-order valence-corrected chi connectivity index (χ0v) is 14.1. The first-order valence-corrected chi connectivity index (χ1v) is 8.97. The Hall–Kier alpha value is -1.26. The van der Waals surface area contributed by atoms with E-state index in [-0.39, 0.29) is 6.10 Å². The number of benzene rings is 1. The molecule has 1 aliphatic heterocycles. The van der Waals surface area contributed by atoms with Crippen molar-refractivity contribution in [2.75, 3.05) is 26.8 Å². The molecule has 4 nitrogen and oxygen atoms in total. The van der Waals surface area contributed by atoms with Gasteiger partial charge in [0.2, 0.25) is 0 Å². The van der Waals surface area contributed by atoms with E-state index in [1.165, 1.54) is 25.7 Å². The molecule has 1 aliphatic carbocycles. The van der Waals surface area contributed by atoms with E-state index in [2.05, 4.69) is 4.90 Å². The van der Waals surface area contributed by atoms with Crippen molar-refractivity contribution in [1.29, 1.82) is 0 Å². The van der Waals surface area contributed by atoms with Crippen molar-refractivity contribution in [2.24, 2.45) is 5.92 Å². The van der Waals surface area contributed by atoms with Crippen molar-refractivity contribution in [2.45, 2.75) is 50.7 Å². The van der Waals surface area contributed by atoms with Gasteiger partial charge in [-0.05, 0) is 49.9 Å². The highest BCUT2D eigenvalue weighted by Crippen LogP contribution is 2.35. The summed E-state index contributed by atoms with van der Waals surface area (Å²) >= 11 is 0. The van der Waals surface area contributed by atoms with E-state index in [0.717, 1.165) is 44.0 Å². The van der Waals surface area contributed by atoms with Crippen molar-refractivity contribution < 1.29 is 14.6 Å². The number of aliphatic hydroxyl groups is 1. The van der Waals surface area contributed by atoms with Crippen molar-refractivity contribution >= 4 is 0 Å². The quantitative estimate of drug-likeness (QED) is 0.818. The van der Waals surface area contributed by atoms with E-state index in [0.29, 0.717) is 12.0 Å². The normalized spacial score (nSPS) is 28.2. The van der Waals surface area contributed by atoms with Crippen molar-refractivity contribution in [3.63, 3.8) is 0 Å². The Morgan fingerprint density at radius 2 is 1.83 bits per heavy atom. The molecule has 3 rings (SSSR count). The van der Waals surface area contributed by atoms with Crippen molar-refractivity contribution in [1.82, 2.24) is 4.90 Å². The monoisotopic (exact) mass is 319 g/mol. The molecule has 1 aromatic carbocycles. The van der Waals surface area contributed by atoms with Gasteiger partial charge in [0.05, 0.1) is 19.8 Å². The van der Waals surface area contributed by atoms with Crippen LogP contribution in [0.5, 0.6) is 11.5 Å². The number of aliphatic hydroxyl groups excluding tert-OH is 1. The third-order valence-corrected chi connectivity index (χ3v) is 5.37. The van der Waals surface area contributed by atoms with Gasteiger partial charge in [-0.2, -0.15) is 0 Å². The molecule has 4 heteroatoms. The van der Waals surface area contributed by atoms with Crippen LogP contribution in [0.2, 0.25) is 0 Å². The van der Waals surface area contributed by atoms with Gasteiger partial charge in [0, 0.05) is 25.0 Å². The lowest BCUT2D eigenvalue weighted by Crippen LogP contribution is -2.52. The lowest BCUT2D eigenvalue weighted by Gasteiger charge is -2.46. The highest BCUT2D eigenvalue weighted by molar-refractivity contribution is 5.31. The molecule has 128 valence electrons. The summed E-state index contributed by atoms with van der Waals surface area (Å²) in [4.78, 5) is 2.59. The molecule has 23 heavy (non-hydrogen) atoms. The topological polar surface area (TPSA) is 41.9 Å². The predicted octanol–water partition coefficient (Wildman–Crippen LogP) is 3.09. The Balaban J connectivity index is 1.42. The van der Waals surface area contributed by atoms with E-state index in [4.69, 9.17) is 9.47 Å². The maximum Gasteiger partial charge on any atom is 0.119 e. The van der Waals surface area contributed by atoms with Gasteiger partial charge in [-0.1, -0.05) is 12.8 Å². The Kier molecular flexibility index (Phi) is 5.79. The van der Waals surface area contributed by atoms with Crippen LogP contribution < -0.4 is 9.47 Å². The first kappa shape index (κ1) is 16.6. The molecular formula is C19H29NO3. The van der Waals surface area contributed by atoms with Gasteiger partial charge in [-0.3, -0.25) is 4.90 Å². The number of likely N-dealkylation sites (tertiary alicyclic amines) is 1. The Labute approximate surface area is 139 Å². The average molecular weight is 319 g/mol. The largest absolute Gasteiger partial charge is 0.497 e. The molecule has 1 unspecified atom stereocenters. The molecule has 0 bridgehead atoms. The molecule has 1 saturated heterocycles. The highest BCUT2D eigenvalue weighted by Gasteiger charge is 2.37. The molecule has 1 N–H and O–H groups in total. The first-order valence-electron chi connectivity index (χ1n) is 8.97. The number of ether oxygens (including phenoxy) is 2. The van der Waals surface area contributed by atoms with E-state index >= 15 is 0 Å². The summed E-state index contributed by atoms with van der Waals surface area (Å²) in [5.41, 5.74) is 0. The van der Waals surface area contributed by atoms with E-state index in [1.54, 1.807) is 7.11 Å². The molecule has 1 aromatic rings. The third-order valence-electron chi connectivity index (χ3n) is 5.37. The fourth-order valence-corrected chi connectivity index (χ4v) is 4.13. The summed E-state index contributed by atoms with van der Waals surface area (Å²) in [5.74, 6) is 2.25. The van der Waals surface area contributed by atoms with Crippen LogP contribution in [0.3, 0.4) is 0 Å². The number of hydrogen-bond acceptors (Lipinski definition) is 4. The minimum atomic E-state index is -0.0768. The summed E-state index contributed by atoms with van der Waals surface area (Å²) in [6, 6.07) is 8.34. The smallest absolute Gasteiger partial charge is 0.119 e. The summed E-state index contributed by atoms with van der Waals surface area (Å²) in [5, 5.41) is 10.2. The van der Waals surface area contributed by atoms with Crippen LogP contribution in [-0.4, -0.2) is 49.0 Å². The van der Waals surface area contributed by atoms with Gasteiger partial charge in [0.1, 0.15) is 11.5 Å². The first-order chi connectivity index (χ1) is 11.3. The Morgan fingerprint density at radius 1 is 1.09 bits per heavy atom. The number of rotatable bonds is 6. The average Bonchev–Trinajstić information content (AvgIpc) is 2.61. The molecule has 0 amide bonds. The number of methoxy groups -OCH3 is 1. The molecule has 1 saturated carbocycles. The minimum absolute atomic E-state index is 0.0768. The van der Waals surface area contributed by atoms with Crippen LogP contribution in [0.4, 0.5) is 0 Å². The summed E-state index contributed by atoms with van der Waals surface area (Å²) in [7, 11) is 1.67. The molecule has 2 aliphatic rings. The van der Waals surface area contributed by atoms with Gasteiger partial charge in [0.15, 0.2) is 0 Å². The van der Waals surface area contributed by atoms with Gasteiger partial charge in [-0.25, -0.2) is 0 Å². The maximum atomic E-state index is 10.2. The number of piperidine rings is 1. The Bertz CT molecular complexity index is 476. The van der Waals surface area contributed by atoms with E-state index < -0.39 is 0 Å². The zero-order valence-electron chi connectivity index (χ0n) is 14.1. The lowest BCUT2D eigenvalue weighted by atomic mass is 9.76. The van der Waals surface area contributed by atoms with Crippen LogP contribution in [0, 0.1) is 5.92 Å². The van der Waals surface area contributed by atoms with E-state index in [1.807, 2.05) is 24.3 Å². The number of hydrogen-bond donors (Lipinski definition) is 1. The van der Waals surface area contributed by atoms with Crippen LogP contribution in [0.15, 0.2) is 24.3 Å². The number of nitrogens with zero attached hydrogens (tertiary/aromatic N) is 1. The van der Waals surface area contributed by atoms with Crippen LogP contribution in [0.25, 0.3) is 0 Å². The van der Waals surface area contributed by atoms with Gasteiger partial charge < -0.3 is 14.6 Å². The summed E-state index contributed by atoms with van der Waals surface area (Å²) < 4.78 is 11.0. The fourth-order valence-electron chi connectivity index (χ4n) is 4.13. The molecule has 0 aromatic heterocycles. The second-order valence-electron chi connectivity index (χ2n) is 6.79. The van der Waals surface area contributed by atoms with Gasteiger partial charge in [-0.15, -0.1) is 0 Å².